The van der Waals surface area contributed by atoms with Gasteiger partial charge in [-0.15, -0.1) is 0 Å². The van der Waals surface area contributed by atoms with Crippen molar-refractivity contribution in [3.05, 3.63) is 53.1 Å². The molecule has 2 aromatic rings. The molecule has 2 aromatic carbocycles. The van der Waals surface area contributed by atoms with E-state index in [1.807, 2.05) is 38.1 Å². The molecule has 108 valence electrons. The first-order chi connectivity index (χ1) is 10.1. The minimum absolute atomic E-state index is 0.0272. The molecule has 1 aliphatic heterocycles. The van der Waals surface area contributed by atoms with Gasteiger partial charge in [-0.3, -0.25) is 4.79 Å². The van der Waals surface area contributed by atoms with Gasteiger partial charge in [-0.2, -0.15) is 0 Å². The molecule has 3 rings (SSSR count). The van der Waals surface area contributed by atoms with E-state index in [0.29, 0.717) is 6.54 Å². The summed E-state index contributed by atoms with van der Waals surface area (Å²) in [4.78, 5) is 12.5. The van der Waals surface area contributed by atoms with Crippen LogP contribution in [0.3, 0.4) is 0 Å². The highest BCUT2D eigenvalue weighted by molar-refractivity contribution is 5.99. The van der Waals surface area contributed by atoms with Crippen molar-refractivity contribution in [2.24, 2.45) is 0 Å². The van der Waals surface area contributed by atoms with Crippen molar-refractivity contribution in [1.82, 2.24) is 0 Å². The SMILES string of the molecule is Cc1cc(NC(=O)C2CNc3ccccc32)c(C)cc1O. The molecule has 0 aliphatic carbocycles. The summed E-state index contributed by atoms with van der Waals surface area (Å²) < 4.78 is 0. The van der Waals surface area contributed by atoms with Crippen LogP contribution in [-0.4, -0.2) is 17.6 Å². The third kappa shape index (κ3) is 2.44. The molecule has 3 N–H and O–H groups in total. The topological polar surface area (TPSA) is 61.4 Å². The highest BCUT2D eigenvalue weighted by Gasteiger charge is 2.28. The Balaban J connectivity index is 1.84. The summed E-state index contributed by atoms with van der Waals surface area (Å²) >= 11 is 0. The van der Waals surface area contributed by atoms with Crippen LogP contribution in [-0.2, 0) is 4.79 Å². The third-order valence-electron chi connectivity index (χ3n) is 3.95. The average molecular weight is 282 g/mol. The number of amides is 1. The standard InChI is InChI=1S/C17H18N2O2/c1-10-8-16(20)11(2)7-15(10)19-17(21)13-9-18-14-6-4-3-5-12(13)14/h3-8,13,18,20H,9H2,1-2H3,(H,19,21). The normalized spacial score (nSPS) is 16.2. The molecule has 1 heterocycles. The molecule has 1 amide bonds. The van der Waals surface area contributed by atoms with E-state index >= 15 is 0 Å². The lowest BCUT2D eigenvalue weighted by molar-refractivity contribution is -0.117. The molecule has 4 heteroatoms. The van der Waals surface area contributed by atoms with Gasteiger partial charge < -0.3 is 15.7 Å². The molecule has 1 unspecified atom stereocenters. The van der Waals surface area contributed by atoms with Gasteiger partial charge in [0.1, 0.15) is 5.75 Å². The second kappa shape index (κ2) is 5.13. The molecule has 0 spiro atoms. The van der Waals surface area contributed by atoms with Crippen LogP contribution in [0.25, 0.3) is 0 Å². The summed E-state index contributed by atoms with van der Waals surface area (Å²) in [5, 5.41) is 15.9. The lowest BCUT2D eigenvalue weighted by atomic mass is 10.00. The molecular formula is C17H18N2O2. The number of fused-ring (bicyclic) bond motifs is 1. The summed E-state index contributed by atoms with van der Waals surface area (Å²) in [5.74, 6) is 0.0359. The third-order valence-corrected chi connectivity index (χ3v) is 3.95. The van der Waals surface area contributed by atoms with Crippen LogP contribution in [0.2, 0.25) is 0 Å². The largest absolute Gasteiger partial charge is 0.508 e. The van der Waals surface area contributed by atoms with E-state index in [4.69, 9.17) is 0 Å². The van der Waals surface area contributed by atoms with Crippen molar-refractivity contribution in [3.8, 4) is 5.75 Å². The Bertz CT molecular complexity index is 710. The number of nitrogens with one attached hydrogen (secondary N) is 2. The molecule has 4 nitrogen and oxygen atoms in total. The number of carbonyl (C=O) groups is 1. The monoisotopic (exact) mass is 282 g/mol. The Morgan fingerprint density at radius 3 is 2.81 bits per heavy atom. The van der Waals surface area contributed by atoms with Crippen molar-refractivity contribution >= 4 is 17.3 Å². The van der Waals surface area contributed by atoms with E-state index in [2.05, 4.69) is 10.6 Å². The first-order valence-corrected chi connectivity index (χ1v) is 7.00. The van der Waals surface area contributed by atoms with Gasteiger partial charge in [-0.1, -0.05) is 18.2 Å². The number of phenols is 1. The smallest absolute Gasteiger partial charge is 0.233 e. The van der Waals surface area contributed by atoms with E-state index in [1.165, 1.54) is 0 Å². The summed E-state index contributed by atoms with van der Waals surface area (Å²) in [7, 11) is 0. The maximum Gasteiger partial charge on any atom is 0.233 e. The van der Waals surface area contributed by atoms with Crippen LogP contribution in [0.1, 0.15) is 22.6 Å². The van der Waals surface area contributed by atoms with Gasteiger partial charge in [0.25, 0.3) is 0 Å². The number of aromatic hydroxyl groups is 1. The fourth-order valence-electron chi connectivity index (χ4n) is 2.67. The molecule has 21 heavy (non-hydrogen) atoms. The predicted molar refractivity (Wildman–Crippen MR) is 83.9 cm³/mol. The van der Waals surface area contributed by atoms with Crippen molar-refractivity contribution < 1.29 is 9.90 Å². The summed E-state index contributed by atoms with van der Waals surface area (Å²) in [6.07, 6.45) is 0. The molecule has 0 fully saturated rings. The molecule has 0 radical (unpaired) electrons. The lowest BCUT2D eigenvalue weighted by Crippen LogP contribution is -2.23. The molecule has 1 aliphatic rings. The second-order valence-electron chi connectivity index (χ2n) is 5.46. The number of benzene rings is 2. The fraction of sp³-hybridized carbons (Fsp3) is 0.235. The number of carbonyl (C=O) groups excluding carboxylic acids is 1. The molecule has 1 atom stereocenters. The first kappa shape index (κ1) is 13.5. The van der Waals surface area contributed by atoms with Crippen LogP contribution in [0.5, 0.6) is 5.75 Å². The minimum Gasteiger partial charge on any atom is -0.508 e. The highest BCUT2D eigenvalue weighted by Crippen LogP contribution is 2.32. The Morgan fingerprint density at radius 1 is 1.24 bits per heavy atom. The number of hydrogen-bond donors (Lipinski definition) is 3. The minimum atomic E-state index is -0.185. The van der Waals surface area contributed by atoms with Crippen molar-refractivity contribution in [2.75, 3.05) is 17.2 Å². The lowest BCUT2D eigenvalue weighted by Gasteiger charge is -2.14. The van der Waals surface area contributed by atoms with E-state index in [1.54, 1.807) is 12.1 Å². The van der Waals surface area contributed by atoms with Crippen LogP contribution in [0, 0.1) is 13.8 Å². The van der Waals surface area contributed by atoms with Gasteiger partial charge in [0, 0.05) is 17.9 Å². The number of para-hydroxylation sites is 1. The van der Waals surface area contributed by atoms with Crippen LogP contribution in [0.15, 0.2) is 36.4 Å². The van der Waals surface area contributed by atoms with Crippen LogP contribution in [0.4, 0.5) is 11.4 Å². The van der Waals surface area contributed by atoms with E-state index < -0.39 is 0 Å². The Morgan fingerprint density at radius 2 is 2.00 bits per heavy atom. The maximum absolute atomic E-state index is 12.5. The number of anilines is 2. The average Bonchev–Trinajstić information content (AvgIpc) is 2.88. The zero-order valence-electron chi connectivity index (χ0n) is 12.1. The summed E-state index contributed by atoms with van der Waals surface area (Å²) in [6, 6.07) is 11.3. The molecule has 0 saturated heterocycles. The van der Waals surface area contributed by atoms with Crippen molar-refractivity contribution in [2.45, 2.75) is 19.8 Å². The number of hydrogen-bond acceptors (Lipinski definition) is 3. The van der Waals surface area contributed by atoms with Gasteiger partial charge in [0.2, 0.25) is 5.91 Å². The van der Waals surface area contributed by atoms with E-state index in [-0.39, 0.29) is 17.6 Å². The summed E-state index contributed by atoms with van der Waals surface area (Å²) in [6.45, 7) is 4.30. The van der Waals surface area contributed by atoms with Gasteiger partial charge >= 0.3 is 0 Å². The first-order valence-electron chi connectivity index (χ1n) is 7.00. The predicted octanol–water partition coefficient (Wildman–Crippen LogP) is 3.16. The fourth-order valence-corrected chi connectivity index (χ4v) is 2.67. The highest BCUT2D eigenvalue weighted by atomic mass is 16.3. The summed E-state index contributed by atoms with van der Waals surface area (Å²) in [5.41, 5.74) is 4.41. The zero-order chi connectivity index (χ0) is 15.0. The second-order valence-corrected chi connectivity index (χ2v) is 5.46. The number of rotatable bonds is 2. The molecular weight excluding hydrogens is 264 g/mol. The van der Waals surface area contributed by atoms with Crippen LogP contribution >= 0.6 is 0 Å². The van der Waals surface area contributed by atoms with E-state index in [9.17, 15) is 9.90 Å². The van der Waals surface area contributed by atoms with Crippen molar-refractivity contribution in [3.63, 3.8) is 0 Å². The number of phenolic OH excluding ortho intramolecular Hbond substituents is 1. The van der Waals surface area contributed by atoms with Crippen molar-refractivity contribution in [1.29, 1.82) is 0 Å². The maximum atomic E-state index is 12.5. The van der Waals surface area contributed by atoms with E-state index in [0.717, 1.165) is 28.1 Å². The Hall–Kier alpha value is -2.49. The Kier molecular flexibility index (Phi) is 3.29. The van der Waals surface area contributed by atoms with Crippen LogP contribution < -0.4 is 10.6 Å². The Labute approximate surface area is 123 Å². The molecule has 0 saturated carbocycles. The van der Waals surface area contributed by atoms with Gasteiger partial charge in [-0.25, -0.2) is 0 Å². The molecule has 0 aromatic heterocycles. The van der Waals surface area contributed by atoms with Gasteiger partial charge in [0.15, 0.2) is 0 Å². The number of aryl methyl sites for hydroxylation is 2. The van der Waals surface area contributed by atoms with Gasteiger partial charge in [0.05, 0.1) is 5.92 Å². The molecule has 0 bridgehead atoms. The zero-order valence-corrected chi connectivity index (χ0v) is 12.1. The van der Waals surface area contributed by atoms with Gasteiger partial charge in [-0.05, 0) is 48.7 Å². The quantitative estimate of drug-likeness (QED) is 0.741.